The third-order valence-electron chi connectivity index (χ3n) is 9.44. The zero-order chi connectivity index (χ0) is 42.6. The maximum absolute atomic E-state index is 12.6. The molecule has 4 aromatic rings. The Labute approximate surface area is 332 Å². The third-order valence-corrected chi connectivity index (χ3v) is 9.44. The Morgan fingerprint density at radius 1 is 0.586 bits per heavy atom. The van der Waals surface area contributed by atoms with Crippen LogP contribution in [0.1, 0.15) is 33.7 Å². The van der Waals surface area contributed by atoms with E-state index in [1.807, 2.05) is 0 Å². The number of nitrogens with one attached hydrogen (secondary N) is 2. The van der Waals surface area contributed by atoms with E-state index >= 15 is 0 Å². The van der Waals surface area contributed by atoms with Gasteiger partial charge in [-0.05, 0) is 0 Å². The predicted molar refractivity (Wildman–Crippen MR) is 201 cm³/mol. The lowest BCUT2D eigenvalue weighted by Gasteiger charge is -2.22. The van der Waals surface area contributed by atoms with Crippen LogP contribution in [0.4, 0.5) is 11.6 Å². The molecule has 0 aliphatic carbocycles. The molecule has 0 radical (unpaired) electrons. The fraction of sp³-hybridized carbons (Fsp3) is 0.588. The fourth-order valence-corrected chi connectivity index (χ4v) is 6.57. The van der Waals surface area contributed by atoms with Crippen LogP contribution in [-0.2, 0) is 47.5 Å². The average molecular weight is 817 g/mol. The molecule has 0 aromatic carbocycles. The van der Waals surface area contributed by atoms with E-state index in [0.717, 1.165) is 0 Å². The highest BCUT2D eigenvalue weighted by atomic mass is 16.6. The normalized spacial score (nSPS) is 23.9. The summed E-state index contributed by atoms with van der Waals surface area (Å²) in [6.07, 6.45) is -2.86. The molecule has 2 N–H and O–H groups in total. The van der Waals surface area contributed by atoms with E-state index in [0.29, 0.717) is 34.0 Å². The summed E-state index contributed by atoms with van der Waals surface area (Å²) < 4.78 is 46.9. The minimum absolute atomic E-state index is 0.137. The van der Waals surface area contributed by atoms with Crippen molar-refractivity contribution in [2.75, 3.05) is 95.6 Å². The Hall–Kier alpha value is -5.66. The number of fused-ring (bicyclic) bond motifs is 2. The Morgan fingerprint density at radius 3 is 1.21 bits per heavy atom. The van der Waals surface area contributed by atoms with Gasteiger partial charge in [0.15, 0.2) is 58.6 Å². The van der Waals surface area contributed by atoms with E-state index in [4.69, 9.17) is 37.9 Å². The molecule has 4 aromatic heterocycles. The van der Waals surface area contributed by atoms with Gasteiger partial charge in [-0.25, -0.2) is 39.5 Å². The van der Waals surface area contributed by atoms with Gasteiger partial charge in [0, 0.05) is 70.7 Å². The largest absolute Gasteiger partial charge is 0.463 e. The molecule has 2 amide bonds. The first kappa shape index (κ1) is 43.5. The molecule has 24 heteroatoms. The van der Waals surface area contributed by atoms with Gasteiger partial charge in [0.2, 0.25) is 11.6 Å². The molecule has 24 nitrogen and oxygen atoms in total. The molecule has 0 spiro atoms. The highest BCUT2D eigenvalue weighted by Crippen LogP contribution is 2.37. The summed E-state index contributed by atoms with van der Waals surface area (Å²) in [5, 5.41) is 5.78. The maximum atomic E-state index is 12.6. The van der Waals surface area contributed by atoms with Crippen LogP contribution in [0.3, 0.4) is 0 Å². The molecule has 58 heavy (non-hydrogen) atoms. The van der Waals surface area contributed by atoms with Crippen molar-refractivity contribution >= 4 is 57.7 Å². The minimum atomic E-state index is -0.881. The molecule has 316 valence electrons. The number of esters is 2. The van der Waals surface area contributed by atoms with Crippen LogP contribution in [0.5, 0.6) is 0 Å². The third kappa shape index (κ3) is 7.93. The molecule has 6 rings (SSSR count). The summed E-state index contributed by atoms with van der Waals surface area (Å²) in [6.45, 7) is 0. The molecule has 2 aliphatic heterocycles. The van der Waals surface area contributed by atoms with Crippen LogP contribution >= 0.6 is 0 Å². The summed E-state index contributed by atoms with van der Waals surface area (Å²) in [5.41, 5.74) is 1.50. The number of hydrogen-bond donors (Lipinski definition) is 2. The van der Waals surface area contributed by atoms with Gasteiger partial charge in [0.05, 0.1) is 26.9 Å². The topological polar surface area (TPSA) is 260 Å². The quantitative estimate of drug-likeness (QED) is 0.168. The standard InChI is InChI=1S/2C17H24N6O6/c2*1-18-12-8-14(21-13(20-12)17(25)28-6)23(7-19-8)16-11(27-5)9(26-4)10(29-16)15(24)22(2)3/h2*7,9-11,16H,1-6H3,(H,18,20,21)/t2*9?,10-,11?,16?/m00/s1. The van der Waals surface area contributed by atoms with Gasteiger partial charge < -0.3 is 58.3 Å². The number of methoxy groups -OCH3 is 6. The van der Waals surface area contributed by atoms with E-state index in [9.17, 15) is 19.2 Å². The molecule has 6 unspecified atom stereocenters. The van der Waals surface area contributed by atoms with Crippen molar-refractivity contribution in [1.29, 1.82) is 0 Å². The van der Waals surface area contributed by atoms with Gasteiger partial charge in [-0.1, -0.05) is 0 Å². The Bertz CT molecular complexity index is 1980. The second-order valence-electron chi connectivity index (χ2n) is 13.1. The van der Waals surface area contributed by atoms with Gasteiger partial charge >= 0.3 is 11.9 Å². The molecular weight excluding hydrogens is 768 g/mol. The monoisotopic (exact) mass is 816 g/mol. The number of nitrogens with zero attached hydrogens (tertiary/aromatic N) is 10. The van der Waals surface area contributed by atoms with Crippen LogP contribution in [0.15, 0.2) is 12.7 Å². The Kier molecular flexibility index (Phi) is 13.7. The summed E-state index contributed by atoms with van der Waals surface area (Å²) in [4.78, 5) is 77.5. The van der Waals surface area contributed by atoms with Gasteiger partial charge in [-0.2, -0.15) is 0 Å². The number of carbonyl (C=O) groups is 4. The number of aromatic nitrogens is 8. The fourth-order valence-electron chi connectivity index (χ4n) is 6.57. The lowest BCUT2D eigenvalue weighted by molar-refractivity contribution is -0.147. The summed E-state index contributed by atoms with van der Waals surface area (Å²) in [5.74, 6) is -1.47. The van der Waals surface area contributed by atoms with Crippen molar-refractivity contribution in [2.24, 2.45) is 0 Å². The Balaban J connectivity index is 0.000000221. The van der Waals surface area contributed by atoms with Crippen molar-refractivity contribution in [3.63, 3.8) is 0 Å². The number of likely N-dealkylation sites (N-methyl/N-ethyl adjacent to an activating group) is 2. The minimum Gasteiger partial charge on any atom is -0.463 e. The molecule has 2 aliphatic rings. The number of rotatable bonds is 12. The van der Waals surface area contributed by atoms with Gasteiger partial charge in [-0.15, -0.1) is 0 Å². The van der Waals surface area contributed by atoms with Crippen molar-refractivity contribution in [1.82, 2.24) is 48.8 Å². The van der Waals surface area contributed by atoms with E-state index < -0.39 is 61.0 Å². The summed E-state index contributed by atoms with van der Waals surface area (Å²) in [7, 11) is 18.3. The van der Waals surface area contributed by atoms with Crippen LogP contribution in [0.2, 0.25) is 0 Å². The maximum Gasteiger partial charge on any atom is 0.376 e. The average Bonchev–Trinajstić information content (AvgIpc) is 4.03. The van der Waals surface area contributed by atoms with Crippen molar-refractivity contribution in [3.8, 4) is 0 Å². The molecule has 6 heterocycles. The molecule has 2 saturated heterocycles. The molecular formula is C34H48N12O12. The number of anilines is 2. The molecule has 0 saturated carbocycles. The zero-order valence-corrected chi connectivity index (χ0v) is 34.1. The predicted octanol–water partition coefficient (Wildman–Crippen LogP) is -0.660. The van der Waals surface area contributed by atoms with Crippen molar-refractivity contribution < 1.29 is 57.1 Å². The van der Waals surface area contributed by atoms with E-state index in [1.54, 1.807) is 51.4 Å². The smallest absolute Gasteiger partial charge is 0.376 e. The second kappa shape index (κ2) is 18.3. The van der Waals surface area contributed by atoms with Gasteiger partial charge in [-0.3, -0.25) is 18.7 Å². The zero-order valence-electron chi connectivity index (χ0n) is 34.1. The molecule has 8 atom stereocenters. The first-order valence-corrected chi connectivity index (χ1v) is 17.6. The number of hydrogen-bond acceptors (Lipinski definition) is 20. The summed E-state index contributed by atoms with van der Waals surface area (Å²) >= 11 is 0. The Morgan fingerprint density at radius 2 is 0.931 bits per heavy atom. The van der Waals surface area contributed by atoms with Crippen molar-refractivity contribution in [3.05, 3.63) is 24.3 Å². The molecule has 0 bridgehead atoms. The first-order valence-electron chi connectivity index (χ1n) is 17.6. The summed E-state index contributed by atoms with van der Waals surface area (Å²) in [6, 6.07) is 0. The SMILES string of the molecule is CNc1nc(C(=O)OC)nc2c1ncn2C1O[C@H](C(=O)N(C)C)C(OC)C1OC.CNc1nc(C(=O)OC)nc2c1ncn2C1O[C@H](C(=O)N(C)C)C(OC)C1OC. The lowest BCUT2D eigenvalue weighted by Crippen LogP contribution is -2.43. The number of carbonyl (C=O) groups excluding carboxylic acids is 4. The number of imidazole rings is 2. The number of ether oxygens (including phenoxy) is 8. The lowest BCUT2D eigenvalue weighted by atomic mass is 10.1. The van der Waals surface area contributed by atoms with Gasteiger partial charge in [0.1, 0.15) is 24.4 Å². The van der Waals surface area contributed by atoms with Crippen LogP contribution in [0, 0.1) is 0 Å². The van der Waals surface area contributed by atoms with E-state index in [2.05, 4.69) is 40.5 Å². The van der Waals surface area contributed by atoms with Crippen LogP contribution < -0.4 is 10.6 Å². The van der Waals surface area contributed by atoms with Crippen LogP contribution in [0.25, 0.3) is 22.3 Å². The number of amides is 2. The van der Waals surface area contributed by atoms with E-state index in [1.165, 1.54) is 65.1 Å². The highest BCUT2D eigenvalue weighted by molar-refractivity contribution is 5.92. The van der Waals surface area contributed by atoms with E-state index in [-0.39, 0.29) is 23.5 Å². The van der Waals surface area contributed by atoms with Crippen molar-refractivity contribution in [2.45, 2.75) is 49.1 Å². The highest BCUT2D eigenvalue weighted by Gasteiger charge is 2.52. The van der Waals surface area contributed by atoms with Crippen LogP contribution in [-0.4, -0.2) is 194 Å². The second-order valence-corrected chi connectivity index (χ2v) is 13.1. The first-order chi connectivity index (χ1) is 27.7. The van der Waals surface area contributed by atoms with Gasteiger partial charge in [0.25, 0.3) is 11.8 Å². The molecule has 2 fully saturated rings.